The van der Waals surface area contributed by atoms with Gasteiger partial charge < -0.3 is 5.73 Å². The van der Waals surface area contributed by atoms with Crippen molar-refractivity contribution in [3.05, 3.63) is 16.4 Å². The van der Waals surface area contributed by atoms with Crippen LogP contribution in [0.4, 0.5) is 0 Å². The molecule has 3 unspecified atom stereocenters. The maximum Gasteiger partial charge on any atom is 0.0692 e. The van der Waals surface area contributed by atoms with E-state index in [1.165, 1.54) is 32.1 Å². The number of halogens is 1. The summed E-state index contributed by atoms with van der Waals surface area (Å²) >= 11 is 3.55. The van der Waals surface area contributed by atoms with Crippen LogP contribution in [-0.2, 0) is 7.05 Å². The average molecular weight is 300 g/mol. The number of hydrogen-bond donors (Lipinski definition) is 1. The van der Waals surface area contributed by atoms with Gasteiger partial charge in [0.2, 0.25) is 0 Å². The SMILES string of the molecule is CCC1CCCC(C(N)c2c(Br)cnn2C)C1. The van der Waals surface area contributed by atoms with Crippen molar-refractivity contribution in [1.29, 1.82) is 0 Å². The summed E-state index contributed by atoms with van der Waals surface area (Å²) in [6.07, 6.45) is 8.37. The van der Waals surface area contributed by atoms with Crippen LogP contribution in [0.5, 0.6) is 0 Å². The zero-order valence-corrected chi connectivity index (χ0v) is 12.3. The Labute approximate surface area is 112 Å². The van der Waals surface area contributed by atoms with Crippen molar-refractivity contribution in [1.82, 2.24) is 9.78 Å². The first-order valence-electron chi connectivity index (χ1n) is 6.56. The van der Waals surface area contributed by atoms with Crippen LogP contribution in [0.1, 0.15) is 50.8 Å². The third-order valence-electron chi connectivity index (χ3n) is 4.16. The molecule has 0 radical (unpaired) electrons. The van der Waals surface area contributed by atoms with E-state index in [4.69, 9.17) is 5.73 Å². The smallest absolute Gasteiger partial charge is 0.0692 e. The largest absolute Gasteiger partial charge is 0.322 e. The van der Waals surface area contributed by atoms with Gasteiger partial charge in [-0.15, -0.1) is 0 Å². The van der Waals surface area contributed by atoms with Gasteiger partial charge in [-0.05, 0) is 40.6 Å². The number of hydrogen-bond acceptors (Lipinski definition) is 2. The molecule has 1 heterocycles. The summed E-state index contributed by atoms with van der Waals surface area (Å²) in [5.74, 6) is 1.48. The lowest BCUT2D eigenvalue weighted by Crippen LogP contribution is -2.28. The van der Waals surface area contributed by atoms with Gasteiger partial charge in [0.1, 0.15) is 0 Å². The van der Waals surface area contributed by atoms with E-state index in [0.717, 1.165) is 16.1 Å². The molecular formula is C13H22BrN3. The molecule has 1 saturated carbocycles. The number of rotatable bonds is 3. The number of nitrogens with zero attached hydrogens (tertiary/aromatic N) is 2. The Balaban J connectivity index is 2.11. The minimum Gasteiger partial charge on any atom is -0.322 e. The van der Waals surface area contributed by atoms with E-state index in [9.17, 15) is 0 Å². The van der Waals surface area contributed by atoms with E-state index < -0.39 is 0 Å². The minimum absolute atomic E-state index is 0.117. The van der Waals surface area contributed by atoms with Gasteiger partial charge in [0.05, 0.1) is 22.4 Å². The van der Waals surface area contributed by atoms with Gasteiger partial charge in [0.15, 0.2) is 0 Å². The maximum atomic E-state index is 6.44. The molecule has 17 heavy (non-hydrogen) atoms. The van der Waals surface area contributed by atoms with E-state index in [1.54, 1.807) is 0 Å². The summed E-state index contributed by atoms with van der Waals surface area (Å²) in [7, 11) is 1.97. The fraction of sp³-hybridized carbons (Fsp3) is 0.769. The van der Waals surface area contributed by atoms with Gasteiger partial charge >= 0.3 is 0 Å². The molecule has 3 nitrogen and oxygen atoms in total. The van der Waals surface area contributed by atoms with Crippen molar-refractivity contribution in [2.45, 2.75) is 45.1 Å². The van der Waals surface area contributed by atoms with Gasteiger partial charge in [-0.2, -0.15) is 5.10 Å². The topological polar surface area (TPSA) is 43.8 Å². The lowest BCUT2D eigenvalue weighted by Gasteiger charge is -2.32. The summed E-state index contributed by atoms with van der Waals surface area (Å²) in [4.78, 5) is 0. The van der Waals surface area contributed by atoms with Crippen LogP contribution in [0.3, 0.4) is 0 Å². The third kappa shape index (κ3) is 2.74. The van der Waals surface area contributed by atoms with Crippen LogP contribution >= 0.6 is 15.9 Å². The summed E-state index contributed by atoms with van der Waals surface area (Å²) in [5, 5.41) is 4.26. The van der Waals surface area contributed by atoms with Crippen molar-refractivity contribution >= 4 is 15.9 Å². The molecule has 1 aromatic rings. The molecule has 3 atom stereocenters. The zero-order chi connectivity index (χ0) is 12.4. The van der Waals surface area contributed by atoms with Crippen LogP contribution in [-0.4, -0.2) is 9.78 Å². The first-order valence-corrected chi connectivity index (χ1v) is 7.35. The fourth-order valence-electron chi connectivity index (χ4n) is 3.05. The van der Waals surface area contributed by atoms with Gasteiger partial charge in [0, 0.05) is 7.05 Å². The normalized spacial score (nSPS) is 27.1. The minimum atomic E-state index is 0.117. The molecule has 1 aromatic heterocycles. The van der Waals surface area contributed by atoms with Crippen molar-refractivity contribution in [2.24, 2.45) is 24.6 Å². The first-order chi connectivity index (χ1) is 8.13. The number of aryl methyl sites for hydroxylation is 1. The van der Waals surface area contributed by atoms with Crippen molar-refractivity contribution in [3.8, 4) is 0 Å². The first kappa shape index (κ1) is 13.1. The second-order valence-electron chi connectivity index (χ2n) is 5.23. The zero-order valence-electron chi connectivity index (χ0n) is 10.7. The third-order valence-corrected chi connectivity index (χ3v) is 4.77. The molecule has 96 valence electrons. The van der Waals surface area contributed by atoms with Gasteiger partial charge in [-0.1, -0.05) is 26.2 Å². The molecule has 0 bridgehead atoms. The predicted molar refractivity (Wildman–Crippen MR) is 73.6 cm³/mol. The summed E-state index contributed by atoms with van der Waals surface area (Å²) < 4.78 is 2.95. The van der Waals surface area contributed by atoms with Crippen molar-refractivity contribution in [2.75, 3.05) is 0 Å². The molecule has 0 amide bonds. The highest BCUT2D eigenvalue weighted by Gasteiger charge is 2.29. The highest BCUT2D eigenvalue weighted by molar-refractivity contribution is 9.10. The van der Waals surface area contributed by atoms with Crippen molar-refractivity contribution < 1.29 is 0 Å². The molecule has 4 heteroatoms. The van der Waals surface area contributed by atoms with Crippen molar-refractivity contribution in [3.63, 3.8) is 0 Å². The summed E-state index contributed by atoms with van der Waals surface area (Å²) in [6.45, 7) is 2.29. The maximum absolute atomic E-state index is 6.44. The number of nitrogens with two attached hydrogens (primary N) is 1. The Morgan fingerprint density at radius 1 is 1.59 bits per heavy atom. The van der Waals surface area contributed by atoms with E-state index >= 15 is 0 Å². The predicted octanol–water partition coefficient (Wildman–Crippen LogP) is 3.40. The lowest BCUT2D eigenvalue weighted by molar-refractivity contribution is 0.226. The van der Waals surface area contributed by atoms with Crippen LogP contribution in [0.2, 0.25) is 0 Å². The number of aromatic nitrogens is 2. The quantitative estimate of drug-likeness (QED) is 0.929. The van der Waals surface area contributed by atoms with E-state index in [2.05, 4.69) is 28.0 Å². The molecule has 1 aliphatic carbocycles. The van der Waals surface area contributed by atoms with Crippen LogP contribution < -0.4 is 5.73 Å². The molecule has 1 aliphatic rings. The average Bonchev–Trinajstić information content (AvgIpc) is 2.68. The molecular weight excluding hydrogens is 278 g/mol. The van der Waals surface area contributed by atoms with Gasteiger partial charge in [0.25, 0.3) is 0 Å². The van der Waals surface area contributed by atoms with Gasteiger partial charge in [-0.3, -0.25) is 4.68 Å². The molecule has 0 aromatic carbocycles. The monoisotopic (exact) mass is 299 g/mol. The summed E-state index contributed by atoms with van der Waals surface area (Å²) in [5.41, 5.74) is 7.59. The molecule has 2 rings (SSSR count). The Bertz CT molecular complexity index is 355. The van der Waals surface area contributed by atoms with Crippen LogP contribution in [0, 0.1) is 11.8 Å². The fourth-order valence-corrected chi connectivity index (χ4v) is 3.66. The standard InChI is InChI=1S/C13H22BrN3/c1-3-9-5-4-6-10(7-9)12(15)13-11(14)8-16-17(13)2/h8-10,12H,3-7,15H2,1-2H3. The highest BCUT2D eigenvalue weighted by Crippen LogP contribution is 2.38. The van der Waals surface area contributed by atoms with Crippen LogP contribution in [0.15, 0.2) is 10.7 Å². The van der Waals surface area contributed by atoms with E-state index in [0.29, 0.717) is 5.92 Å². The lowest BCUT2D eigenvalue weighted by atomic mass is 9.76. The second-order valence-corrected chi connectivity index (χ2v) is 6.08. The molecule has 1 fully saturated rings. The molecule has 0 aliphatic heterocycles. The Morgan fingerprint density at radius 3 is 2.94 bits per heavy atom. The van der Waals surface area contributed by atoms with E-state index in [1.807, 2.05) is 17.9 Å². The van der Waals surface area contributed by atoms with Gasteiger partial charge in [-0.25, -0.2) is 0 Å². The molecule has 2 N–H and O–H groups in total. The molecule has 0 spiro atoms. The van der Waals surface area contributed by atoms with E-state index in [-0.39, 0.29) is 6.04 Å². The summed E-state index contributed by atoms with van der Waals surface area (Å²) in [6, 6.07) is 0.117. The Morgan fingerprint density at radius 2 is 2.35 bits per heavy atom. The molecule has 0 saturated heterocycles. The van der Waals surface area contributed by atoms with Crippen LogP contribution in [0.25, 0.3) is 0 Å². The second kappa shape index (κ2) is 5.53. The highest BCUT2D eigenvalue weighted by atomic mass is 79.9. The Kier molecular flexibility index (Phi) is 4.26. The Hall–Kier alpha value is -0.350.